The molecular formula is C10H8Cl2N4S2. The topological polar surface area (TPSA) is 51.6 Å². The van der Waals surface area contributed by atoms with Crippen molar-refractivity contribution in [3.63, 3.8) is 0 Å². The zero-order chi connectivity index (χ0) is 12.8. The summed E-state index contributed by atoms with van der Waals surface area (Å²) in [6.45, 7) is 0. The maximum absolute atomic E-state index is 5.75. The van der Waals surface area contributed by atoms with Gasteiger partial charge in [0.25, 0.3) is 0 Å². The van der Waals surface area contributed by atoms with Crippen LogP contribution in [0.1, 0.15) is 0 Å². The molecule has 8 heteroatoms. The van der Waals surface area contributed by atoms with Gasteiger partial charge in [0.05, 0.1) is 24.8 Å². The Bertz CT molecular complexity index is 479. The third-order valence-electron chi connectivity index (χ3n) is 1.75. The molecule has 0 radical (unpaired) electrons. The predicted molar refractivity (Wildman–Crippen MR) is 75.5 cm³/mol. The molecule has 0 bridgehead atoms. The molecule has 4 nitrogen and oxygen atoms in total. The van der Waals surface area contributed by atoms with Gasteiger partial charge in [-0.2, -0.15) is 0 Å². The van der Waals surface area contributed by atoms with Crippen molar-refractivity contribution in [2.45, 2.75) is 10.1 Å². The van der Waals surface area contributed by atoms with Crippen LogP contribution in [0.25, 0.3) is 0 Å². The first-order valence-corrected chi connectivity index (χ1v) is 7.67. The highest BCUT2D eigenvalue weighted by Gasteiger charge is 2.00. The summed E-state index contributed by atoms with van der Waals surface area (Å²) < 4.78 is 0. The van der Waals surface area contributed by atoms with Crippen molar-refractivity contribution >= 4 is 46.7 Å². The number of rotatable bonds is 5. The van der Waals surface area contributed by atoms with Crippen LogP contribution < -0.4 is 0 Å². The molecule has 2 heterocycles. The Labute approximate surface area is 123 Å². The molecule has 0 atom stereocenters. The Morgan fingerprint density at radius 1 is 0.778 bits per heavy atom. The van der Waals surface area contributed by atoms with E-state index in [2.05, 4.69) is 19.9 Å². The molecule has 0 spiro atoms. The summed E-state index contributed by atoms with van der Waals surface area (Å²) in [5.41, 5.74) is 0. The van der Waals surface area contributed by atoms with Gasteiger partial charge in [-0.15, -0.1) is 23.5 Å². The van der Waals surface area contributed by atoms with Gasteiger partial charge in [0, 0.05) is 11.5 Å². The van der Waals surface area contributed by atoms with Crippen LogP contribution in [0.4, 0.5) is 0 Å². The second-order valence-corrected chi connectivity index (χ2v) is 6.06. The molecule has 0 aromatic carbocycles. The lowest BCUT2D eigenvalue weighted by molar-refractivity contribution is 1.05. The molecule has 2 aromatic heterocycles. The maximum Gasteiger partial charge on any atom is 0.148 e. The van der Waals surface area contributed by atoms with Crippen LogP contribution in [-0.4, -0.2) is 31.4 Å². The SMILES string of the molecule is Clc1cncc(SCCSc2cncc(Cl)n2)n1. The van der Waals surface area contributed by atoms with E-state index < -0.39 is 0 Å². The quantitative estimate of drug-likeness (QED) is 0.621. The molecule has 0 unspecified atom stereocenters. The summed E-state index contributed by atoms with van der Waals surface area (Å²) in [6, 6.07) is 0. The van der Waals surface area contributed by atoms with Crippen molar-refractivity contribution in [1.82, 2.24) is 19.9 Å². The molecule has 0 amide bonds. The minimum absolute atomic E-state index is 0.411. The van der Waals surface area contributed by atoms with E-state index in [4.69, 9.17) is 23.2 Å². The molecule has 2 aromatic rings. The van der Waals surface area contributed by atoms with Crippen LogP contribution in [0.5, 0.6) is 0 Å². The average molecular weight is 319 g/mol. The fourth-order valence-corrected chi connectivity index (χ4v) is 3.16. The van der Waals surface area contributed by atoms with E-state index in [1.165, 1.54) is 12.4 Å². The average Bonchev–Trinajstić information content (AvgIpc) is 2.35. The molecule has 0 saturated heterocycles. The third-order valence-corrected chi connectivity index (χ3v) is 4.17. The van der Waals surface area contributed by atoms with Crippen LogP contribution in [-0.2, 0) is 0 Å². The van der Waals surface area contributed by atoms with Gasteiger partial charge >= 0.3 is 0 Å². The Hall–Kier alpha value is -0.560. The highest BCUT2D eigenvalue weighted by molar-refractivity contribution is 8.02. The number of nitrogens with zero attached hydrogens (tertiary/aromatic N) is 4. The summed E-state index contributed by atoms with van der Waals surface area (Å²) in [7, 11) is 0. The second kappa shape index (κ2) is 7.13. The van der Waals surface area contributed by atoms with Crippen LogP contribution in [0.3, 0.4) is 0 Å². The molecule has 0 N–H and O–H groups in total. The number of thioether (sulfide) groups is 2. The number of hydrogen-bond acceptors (Lipinski definition) is 6. The minimum atomic E-state index is 0.411. The van der Waals surface area contributed by atoms with Gasteiger partial charge in [-0.05, 0) is 0 Å². The standard InChI is InChI=1S/C10H8Cl2N4S2/c11-7-3-13-5-9(15-7)17-1-2-18-10-6-14-4-8(12)16-10/h3-6H,1-2H2. The third kappa shape index (κ3) is 4.61. The molecule has 0 aliphatic carbocycles. The number of aromatic nitrogens is 4. The lowest BCUT2D eigenvalue weighted by Crippen LogP contribution is -1.90. The molecule has 18 heavy (non-hydrogen) atoms. The van der Waals surface area contributed by atoms with Crippen molar-refractivity contribution in [2.75, 3.05) is 11.5 Å². The fraction of sp³-hybridized carbons (Fsp3) is 0.200. The van der Waals surface area contributed by atoms with E-state index in [9.17, 15) is 0 Å². The van der Waals surface area contributed by atoms with Gasteiger partial charge < -0.3 is 0 Å². The molecule has 94 valence electrons. The van der Waals surface area contributed by atoms with E-state index in [1.807, 2.05) is 0 Å². The first-order chi connectivity index (χ1) is 8.74. The first kappa shape index (κ1) is 13.9. The Morgan fingerprint density at radius 3 is 1.61 bits per heavy atom. The van der Waals surface area contributed by atoms with Crippen molar-refractivity contribution in [3.8, 4) is 0 Å². The lowest BCUT2D eigenvalue weighted by Gasteiger charge is -2.01. The summed E-state index contributed by atoms with van der Waals surface area (Å²) >= 11 is 14.7. The molecular weight excluding hydrogens is 311 g/mol. The van der Waals surface area contributed by atoms with E-state index in [0.29, 0.717) is 10.3 Å². The zero-order valence-electron chi connectivity index (χ0n) is 9.08. The van der Waals surface area contributed by atoms with E-state index in [-0.39, 0.29) is 0 Å². The highest BCUT2D eigenvalue weighted by atomic mass is 35.5. The van der Waals surface area contributed by atoms with Gasteiger partial charge in [0.1, 0.15) is 20.4 Å². The summed E-state index contributed by atoms with van der Waals surface area (Å²) in [4.78, 5) is 16.2. The maximum atomic E-state index is 5.75. The van der Waals surface area contributed by atoms with Gasteiger partial charge in [-0.3, -0.25) is 9.97 Å². The fourth-order valence-electron chi connectivity index (χ4n) is 1.08. The monoisotopic (exact) mass is 318 g/mol. The second-order valence-electron chi connectivity index (χ2n) is 3.06. The van der Waals surface area contributed by atoms with Crippen LogP contribution in [0.15, 0.2) is 34.8 Å². The number of halogens is 2. The Kier molecular flexibility index (Phi) is 5.49. The number of hydrogen-bond donors (Lipinski definition) is 0. The van der Waals surface area contributed by atoms with Crippen LogP contribution in [0, 0.1) is 0 Å². The van der Waals surface area contributed by atoms with E-state index in [0.717, 1.165) is 21.6 Å². The summed E-state index contributed by atoms with van der Waals surface area (Å²) in [6.07, 6.45) is 6.42. The zero-order valence-corrected chi connectivity index (χ0v) is 12.2. The Balaban J connectivity index is 1.76. The first-order valence-electron chi connectivity index (χ1n) is 4.95. The highest BCUT2D eigenvalue weighted by Crippen LogP contribution is 2.21. The van der Waals surface area contributed by atoms with Crippen molar-refractivity contribution in [2.24, 2.45) is 0 Å². The Morgan fingerprint density at radius 2 is 1.22 bits per heavy atom. The largest absolute Gasteiger partial charge is 0.259 e. The lowest BCUT2D eigenvalue weighted by atomic mass is 10.8. The summed E-state index contributed by atoms with van der Waals surface area (Å²) in [5, 5.41) is 2.46. The summed E-state index contributed by atoms with van der Waals surface area (Å²) in [5.74, 6) is 1.77. The molecule has 0 aliphatic heterocycles. The van der Waals surface area contributed by atoms with Crippen molar-refractivity contribution < 1.29 is 0 Å². The smallest absolute Gasteiger partial charge is 0.148 e. The van der Waals surface area contributed by atoms with Gasteiger partial charge in [0.15, 0.2) is 0 Å². The van der Waals surface area contributed by atoms with E-state index in [1.54, 1.807) is 35.9 Å². The van der Waals surface area contributed by atoms with Crippen molar-refractivity contribution in [1.29, 1.82) is 0 Å². The normalized spacial score (nSPS) is 10.6. The van der Waals surface area contributed by atoms with Gasteiger partial charge in [-0.25, -0.2) is 9.97 Å². The van der Waals surface area contributed by atoms with Gasteiger partial charge in [0.2, 0.25) is 0 Å². The van der Waals surface area contributed by atoms with Crippen LogP contribution in [0.2, 0.25) is 10.3 Å². The minimum Gasteiger partial charge on any atom is -0.259 e. The van der Waals surface area contributed by atoms with E-state index >= 15 is 0 Å². The molecule has 0 saturated carbocycles. The van der Waals surface area contributed by atoms with Crippen molar-refractivity contribution in [3.05, 3.63) is 35.1 Å². The van der Waals surface area contributed by atoms with Crippen LogP contribution >= 0.6 is 46.7 Å². The molecule has 0 fully saturated rings. The predicted octanol–water partition coefficient (Wildman–Crippen LogP) is 3.46. The molecule has 2 rings (SSSR count). The van der Waals surface area contributed by atoms with Gasteiger partial charge in [-0.1, -0.05) is 23.2 Å². The molecule has 0 aliphatic rings.